The summed E-state index contributed by atoms with van der Waals surface area (Å²) in [4.78, 5) is 12.1. The Hall–Kier alpha value is -3.39. The van der Waals surface area contributed by atoms with Crippen LogP contribution in [-0.2, 0) is 12.6 Å². The third kappa shape index (κ3) is 3.50. The first kappa shape index (κ1) is 20.5. The van der Waals surface area contributed by atoms with Gasteiger partial charge in [0.05, 0.1) is 27.5 Å². The van der Waals surface area contributed by atoms with Crippen LogP contribution < -0.4 is 10.6 Å². The van der Waals surface area contributed by atoms with Gasteiger partial charge in [-0.2, -0.15) is 13.2 Å². The van der Waals surface area contributed by atoms with Crippen molar-refractivity contribution < 1.29 is 13.2 Å². The quantitative estimate of drug-likeness (QED) is 0.413. The average Bonchev–Trinajstić information content (AvgIpc) is 3.25. The second-order valence-electron chi connectivity index (χ2n) is 7.71. The van der Waals surface area contributed by atoms with Gasteiger partial charge >= 0.3 is 6.18 Å². The van der Waals surface area contributed by atoms with Gasteiger partial charge in [-0.05, 0) is 41.6 Å². The Labute approximate surface area is 186 Å². The van der Waals surface area contributed by atoms with Crippen molar-refractivity contribution >= 4 is 39.3 Å². The van der Waals surface area contributed by atoms with E-state index in [0.29, 0.717) is 24.5 Å². The third-order valence-electron chi connectivity index (χ3n) is 5.65. The molecule has 32 heavy (non-hydrogen) atoms. The predicted molar refractivity (Wildman–Crippen MR) is 123 cm³/mol. The van der Waals surface area contributed by atoms with Crippen LogP contribution in [0.2, 0.25) is 0 Å². The van der Waals surface area contributed by atoms with E-state index in [0.717, 1.165) is 44.3 Å². The first-order valence-corrected chi connectivity index (χ1v) is 10.9. The van der Waals surface area contributed by atoms with Crippen molar-refractivity contribution in [2.45, 2.75) is 19.5 Å². The lowest BCUT2D eigenvalue weighted by Crippen LogP contribution is -2.28. The number of nitrogens with zero attached hydrogens (tertiary/aromatic N) is 3. The molecule has 0 atom stereocenters. The summed E-state index contributed by atoms with van der Waals surface area (Å²) < 4.78 is 39.4. The second-order valence-corrected chi connectivity index (χ2v) is 8.62. The van der Waals surface area contributed by atoms with E-state index in [4.69, 9.17) is 5.73 Å². The number of alkyl halides is 3. The molecule has 2 aromatic heterocycles. The normalized spacial score (nSPS) is 13.9. The molecule has 162 valence electrons. The zero-order chi connectivity index (χ0) is 22.5. The number of fused-ring (bicyclic) bond motifs is 2. The lowest BCUT2D eigenvalue weighted by atomic mass is 9.98. The summed E-state index contributed by atoms with van der Waals surface area (Å²) in [5.41, 5.74) is 9.81. The molecule has 0 aliphatic carbocycles. The molecule has 0 bridgehead atoms. The number of benzene rings is 2. The van der Waals surface area contributed by atoms with Crippen LogP contribution in [0.1, 0.15) is 27.3 Å². The Morgan fingerprint density at radius 1 is 1.09 bits per heavy atom. The number of anilines is 2. The molecular weight excluding hydrogens is 433 g/mol. The highest BCUT2D eigenvalue weighted by Crippen LogP contribution is 2.40. The van der Waals surface area contributed by atoms with Gasteiger partial charge in [-0.25, -0.2) is 4.99 Å². The van der Waals surface area contributed by atoms with Gasteiger partial charge in [0.25, 0.3) is 0 Å². The number of hydrogen-bond donors (Lipinski definition) is 1. The molecule has 4 nitrogen and oxygen atoms in total. The standard InChI is InChI=1S/C24H19F3N4S/c1-14-5-6-17-18(21(14)31-13-30-23(28)22-20(31)8-10-32-22)7-9-29-19(17)12-15-3-2-4-16(11-15)24(25,26)27/h2-11H,12-13H2,1H3,(H2,28,30). The highest BCUT2D eigenvalue weighted by molar-refractivity contribution is 7.12. The SMILES string of the molecule is Cc1ccc2c(Cc3cccc(C(F)(F)F)c3)nccc2c1N1CN=C(N)c2sccc21. The summed E-state index contributed by atoms with van der Waals surface area (Å²) in [7, 11) is 0. The number of aryl methyl sites for hydroxylation is 1. The summed E-state index contributed by atoms with van der Waals surface area (Å²) in [6, 6.07) is 13.4. The van der Waals surface area contributed by atoms with Crippen LogP contribution in [0.15, 0.2) is 65.1 Å². The molecule has 1 aliphatic rings. The lowest BCUT2D eigenvalue weighted by Gasteiger charge is -2.29. The molecule has 0 spiro atoms. The van der Waals surface area contributed by atoms with E-state index in [9.17, 15) is 13.2 Å². The Morgan fingerprint density at radius 3 is 2.75 bits per heavy atom. The van der Waals surface area contributed by atoms with Crippen LogP contribution in [0.4, 0.5) is 24.5 Å². The minimum Gasteiger partial charge on any atom is -0.383 e. The Kier molecular flexibility index (Phi) is 4.89. The van der Waals surface area contributed by atoms with Crippen LogP contribution >= 0.6 is 11.3 Å². The zero-order valence-corrected chi connectivity index (χ0v) is 18.0. The van der Waals surface area contributed by atoms with Crippen molar-refractivity contribution in [1.82, 2.24) is 4.98 Å². The Morgan fingerprint density at radius 2 is 1.94 bits per heavy atom. The summed E-state index contributed by atoms with van der Waals surface area (Å²) in [6.45, 7) is 2.44. The smallest absolute Gasteiger partial charge is 0.383 e. The number of rotatable bonds is 3. The van der Waals surface area contributed by atoms with Crippen LogP contribution in [0, 0.1) is 6.92 Å². The maximum absolute atomic E-state index is 13.1. The van der Waals surface area contributed by atoms with Crippen molar-refractivity contribution in [3.8, 4) is 0 Å². The number of aliphatic imine (C=N–C) groups is 1. The fraction of sp³-hybridized carbons (Fsp3) is 0.167. The molecule has 2 aromatic carbocycles. The van der Waals surface area contributed by atoms with E-state index < -0.39 is 11.7 Å². The minimum atomic E-state index is -4.37. The van der Waals surface area contributed by atoms with E-state index in [1.54, 1.807) is 23.6 Å². The average molecular weight is 453 g/mol. The summed E-state index contributed by atoms with van der Waals surface area (Å²) in [5.74, 6) is 0.538. The van der Waals surface area contributed by atoms with E-state index in [1.807, 2.05) is 36.6 Å². The molecule has 0 radical (unpaired) electrons. The number of nitrogens with two attached hydrogens (primary N) is 1. The van der Waals surface area contributed by atoms with E-state index in [-0.39, 0.29) is 0 Å². The number of thiophene rings is 1. The molecule has 8 heteroatoms. The fourth-order valence-corrected chi connectivity index (χ4v) is 4.97. The first-order valence-electron chi connectivity index (χ1n) is 10.0. The van der Waals surface area contributed by atoms with E-state index >= 15 is 0 Å². The number of hydrogen-bond acceptors (Lipinski definition) is 5. The topological polar surface area (TPSA) is 54.5 Å². The van der Waals surface area contributed by atoms with Crippen molar-refractivity contribution in [2.75, 3.05) is 11.6 Å². The second kappa shape index (κ2) is 7.63. The maximum atomic E-state index is 13.1. The molecule has 3 heterocycles. The van der Waals surface area contributed by atoms with E-state index in [1.165, 1.54) is 12.1 Å². The van der Waals surface area contributed by atoms with Gasteiger partial charge in [-0.3, -0.25) is 4.98 Å². The highest BCUT2D eigenvalue weighted by Gasteiger charge is 2.30. The molecular formula is C24H19F3N4S. The molecule has 5 rings (SSSR count). The maximum Gasteiger partial charge on any atom is 0.416 e. The number of pyridine rings is 1. The number of halogens is 3. The summed E-state index contributed by atoms with van der Waals surface area (Å²) in [6.07, 6.45) is -2.36. The Bertz CT molecular complexity index is 1360. The third-order valence-corrected chi connectivity index (χ3v) is 6.57. The molecule has 2 N–H and O–H groups in total. The summed E-state index contributed by atoms with van der Waals surface area (Å²) in [5, 5.41) is 3.88. The van der Waals surface area contributed by atoms with Gasteiger partial charge in [-0.1, -0.05) is 30.3 Å². The molecule has 0 fully saturated rings. The fourth-order valence-electron chi connectivity index (χ4n) is 4.15. The Balaban J connectivity index is 1.61. The van der Waals surface area contributed by atoms with Crippen LogP contribution in [0.25, 0.3) is 10.8 Å². The van der Waals surface area contributed by atoms with Gasteiger partial charge in [0.15, 0.2) is 0 Å². The van der Waals surface area contributed by atoms with Crippen molar-refractivity contribution in [3.05, 3.63) is 87.4 Å². The predicted octanol–water partition coefficient (Wildman–Crippen LogP) is 6.03. The van der Waals surface area contributed by atoms with Crippen LogP contribution in [0.3, 0.4) is 0 Å². The molecule has 0 saturated carbocycles. The summed E-state index contributed by atoms with van der Waals surface area (Å²) >= 11 is 1.55. The monoisotopic (exact) mass is 452 g/mol. The van der Waals surface area contributed by atoms with Crippen molar-refractivity contribution in [1.29, 1.82) is 0 Å². The van der Waals surface area contributed by atoms with Gasteiger partial charge in [0.2, 0.25) is 0 Å². The van der Waals surface area contributed by atoms with Gasteiger partial charge < -0.3 is 10.6 Å². The van der Waals surface area contributed by atoms with Crippen LogP contribution in [0.5, 0.6) is 0 Å². The molecule has 4 aromatic rings. The van der Waals surface area contributed by atoms with Crippen LogP contribution in [-0.4, -0.2) is 17.5 Å². The molecule has 0 unspecified atom stereocenters. The largest absolute Gasteiger partial charge is 0.416 e. The van der Waals surface area contributed by atoms with Gasteiger partial charge in [0.1, 0.15) is 12.5 Å². The van der Waals surface area contributed by atoms with E-state index in [2.05, 4.69) is 14.9 Å². The number of amidine groups is 1. The van der Waals surface area contributed by atoms with Gasteiger partial charge in [0, 0.05) is 23.4 Å². The molecule has 1 aliphatic heterocycles. The number of aromatic nitrogens is 1. The highest BCUT2D eigenvalue weighted by atomic mass is 32.1. The minimum absolute atomic E-state index is 0.304. The molecule has 0 saturated heterocycles. The lowest BCUT2D eigenvalue weighted by molar-refractivity contribution is -0.137. The van der Waals surface area contributed by atoms with Crippen molar-refractivity contribution in [2.24, 2.45) is 10.7 Å². The first-order chi connectivity index (χ1) is 15.3. The molecule has 0 amide bonds. The zero-order valence-electron chi connectivity index (χ0n) is 17.1. The van der Waals surface area contributed by atoms with Gasteiger partial charge in [-0.15, -0.1) is 11.3 Å². The van der Waals surface area contributed by atoms with Crippen molar-refractivity contribution in [3.63, 3.8) is 0 Å².